The molecule has 0 aromatic heterocycles. The van der Waals surface area contributed by atoms with E-state index < -0.39 is 0 Å². The molecule has 0 radical (unpaired) electrons. The van der Waals surface area contributed by atoms with Gasteiger partial charge in [0.15, 0.2) is 0 Å². The Morgan fingerprint density at radius 1 is 1.33 bits per heavy atom. The van der Waals surface area contributed by atoms with Crippen molar-refractivity contribution in [2.45, 2.75) is 51.7 Å². The zero-order chi connectivity index (χ0) is 11.5. The first-order chi connectivity index (χ1) is 6.87. The van der Waals surface area contributed by atoms with Crippen molar-refractivity contribution in [1.82, 2.24) is 4.90 Å². The second-order valence-corrected chi connectivity index (χ2v) is 5.71. The van der Waals surface area contributed by atoms with Crippen molar-refractivity contribution in [3.8, 4) is 0 Å². The maximum atomic E-state index is 5.84. The molecule has 1 aliphatic rings. The Balaban J connectivity index is 2.44. The normalized spacial score (nSPS) is 22.7. The van der Waals surface area contributed by atoms with Gasteiger partial charge in [0.25, 0.3) is 0 Å². The van der Waals surface area contributed by atoms with Crippen molar-refractivity contribution in [2.24, 2.45) is 0 Å². The lowest BCUT2D eigenvalue weighted by Crippen LogP contribution is -2.51. The predicted octanol–water partition coefficient (Wildman–Crippen LogP) is 2.84. The molecule has 2 heteroatoms. The number of nitrogens with zero attached hydrogens (tertiary/aromatic N) is 1. The SMILES string of the molecule is C=CCOC1(C)CCN(C(C)(C)C)CC1. The molecule has 0 aliphatic carbocycles. The van der Waals surface area contributed by atoms with Crippen LogP contribution in [0.2, 0.25) is 0 Å². The molecule has 1 heterocycles. The number of piperidine rings is 1. The quantitative estimate of drug-likeness (QED) is 0.666. The molecule has 1 rings (SSSR count). The maximum absolute atomic E-state index is 5.84. The molecule has 2 nitrogen and oxygen atoms in total. The monoisotopic (exact) mass is 211 g/mol. The van der Waals surface area contributed by atoms with Crippen molar-refractivity contribution in [1.29, 1.82) is 0 Å². The van der Waals surface area contributed by atoms with Gasteiger partial charge in [-0.2, -0.15) is 0 Å². The third kappa shape index (κ3) is 3.62. The summed E-state index contributed by atoms with van der Waals surface area (Å²) in [7, 11) is 0. The minimum absolute atomic E-state index is 0.0654. The van der Waals surface area contributed by atoms with E-state index in [0.717, 1.165) is 25.9 Å². The summed E-state index contributed by atoms with van der Waals surface area (Å²) in [5.74, 6) is 0. The van der Waals surface area contributed by atoms with Gasteiger partial charge in [0.2, 0.25) is 0 Å². The fourth-order valence-corrected chi connectivity index (χ4v) is 2.05. The molecule has 88 valence electrons. The molecular weight excluding hydrogens is 186 g/mol. The van der Waals surface area contributed by atoms with E-state index in [4.69, 9.17) is 4.74 Å². The predicted molar refractivity (Wildman–Crippen MR) is 65.1 cm³/mol. The van der Waals surface area contributed by atoms with Crippen LogP contribution >= 0.6 is 0 Å². The number of hydrogen-bond acceptors (Lipinski definition) is 2. The van der Waals surface area contributed by atoms with E-state index >= 15 is 0 Å². The standard InChI is InChI=1S/C13H25NO/c1-6-11-15-13(5)7-9-14(10-8-13)12(2,3)4/h6H,1,7-11H2,2-5H3. The highest BCUT2D eigenvalue weighted by molar-refractivity contribution is 4.89. The highest BCUT2D eigenvalue weighted by Gasteiger charge is 2.34. The lowest BCUT2D eigenvalue weighted by molar-refractivity contribution is -0.0725. The van der Waals surface area contributed by atoms with Crippen LogP contribution in [-0.4, -0.2) is 35.7 Å². The van der Waals surface area contributed by atoms with E-state index in [-0.39, 0.29) is 5.60 Å². The molecule has 0 N–H and O–H groups in total. The van der Waals surface area contributed by atoms with E-state index in [0.29, 0.717) is 12.1 Å². The lowest BCUT2D eigenvalue weighted by atomic mass is 9.90. The highest BCUT2D eigenvalue weighted by atomic mass is 16.5. The van der Waals surface area contributed by atoms with Crippen LogP contribution in [0.1, 0.15) is 40.5 Å². The van der Waals surface area contributed by atoms with Gasteiger partial charge in [-0.25, -0.2) is 0 Å². The first kappa shape index (κ1) is 12.7. The van der Waals surface area contributed by atoms with Gasteiger partial charge < -0.3 is 4.74 Å². The summed E-state index contributed by atoms with van der Waals surface area (Å²) in [4.78, 5) is 2.53. The zero-order valence-electron chi connectivity index (χ0n) is 10.7. The number of hydrogen-bond donors (Lipinski definition) is 0. The van der Waals surface area contributed by atoms with Gasteiger partial charge in [0.05, 0.1) is 12.2 Å². The van der Waals surface area contributed by atoms with Crippen LogP contribution in [0, 0.1) is 0 Å². The van der Waals surface area contributed by atoms with Gasteiger partial charge >= 0.3 is 0 Å². The van der Waals surface area contributed by atoms with Gasteiger partial charge in [0.1, 0.15) is 0 Å². The topological polar surface area (TPSA) is 12.5 Å². The van der Waals surface area contributed by atoms with Crippen molar-refractivity contribution in [3.63, 3.8) is 0 Å². The van der Waals surface area contributed by atoms with Crippen LogP contribution in [0.25, 0.3) is 0 Å². The first-order valence-corrected chi connectivity index (χ1v) is 5.87. The molecule has 0 saturated carbocycles. The first-order valence-electron chi connectivity index (χ1n) is 5.87. The van der Waals surface area contributed by atoms with Gasteiger partial charge in [-0.15, -0.1) is 6.58 Å². The number of ether oxygens (including phenoxy) is 1. The zero-order valence-corrected chi connectivity index (χ0v) is 10.7. The third-order valence-electron chi connectivity index (χ3n) is 3.32. The molecule has 0 aromatic carbocycles. The molecule has 0 atom stereocenters. The van der Waals surface area contributed by atoms with Crippen LogP contribution in [-0.2, 0) is 4.74 Å². The summed E-state index contributed by atoms with van der Waals surface area (Å²) in [5, 5.41) is 0. The third-order valence-corrected chi connectivity index (χ3v) is 3.32. The molecule has 0 amide bonds. The minimum atomic E-state index is 0.0654. The summed E-state index contributed by atoms with van der Waals surface area (Å²) in [6.07, 6.45) is 4.08. The summed E-state index contributed by atoms with van der Waals surface area (Å²) in [6.45, 7) is 15.7. The van der Waals surface area contributed by atoms with Crippen LogP contribution in [0.4, 0.5) is 0 Å². The molecule has 0 aromatic rings. The molecular formula is C13H25NO. The van der Waals surface area contributed by atoms with Crippen molar-refractivity contribution < 1.29 is 4.74 Å². The van der Waals surface area contributed by atoms with Gasteiger partial charge in [-0.05, 0) is 40.5 Å². The maximum Gasteiger partial charge on any atom is 0.0683 e. The molecule has 1 aliphatic heterocycles. The van der Waals surface area contributed by atoms with E-state index in [1.54, 1.807) is 0 Å². The summed E-state index contributed by atoms with van der Waals surface area (Å²) in [5.41, 5.74) is 0.357. The molecule has 1 saturated heterocycles. The van der Waals surface area contributed by atoms with Crippen LogP contribution in [0.15, 0.2) is 12.7 Å². The summed E-state index contributed by atoms with van der Waals surface area (Å²) in [6, 6.07) is 0. The van der Waals surface area contributed by atoms with E-state index in [2.05, 4.69) is 39.2 Å². The fraction of sp³-hybridized carbons (Fsp3) is 0.846. The van der Waals surface area contributed by atoms with Gasteiger partial charge in [0, 0.05) is 18.6 Å². The van der Waals surface area contributed by atoms with Crippen LogP contribution in [0.3, 0.4) is 0 Å². The number of rotatable bonds is 3. The Hall–Kier alpha value is -0.340. The van der Waals surface area contributed by atoms with Gasteiger partial charge in [-0.3, -0.25) is 4.90 Å². The Morgan fingerprint density at radius 2 is 1.87 bits per heavy atom. The Kier molecular flexibility index (Phi) is 3.96. The lowest BCUT2D eigenvalue weighted by Gasteiger charge is -2.44. The summed E-state index contributed by atoms with van der Waals surface area (Å²) >= 11 is 0. The Labute approximate surface area is 94.3 Å². The van der Waals surface area contributed by atoms with Crippen LogP contribution < -0.4 is 0 Å². The second kappa shape index (κ2) is 4.67. The average Bonchev–Trinajstić information content (AvgIpc) is 2.14. The molecule has 0 spiro atoms. The minimum Gasteiger partial charge on any atom is -0.371 e. The van der Waals surface area contributed by atoms with Crippen molar-refractivity contribution in [3.05, 3.63) is 12.7 Å². The van der Waals surface area contributed by atoms with Crippen molar-refractivity contribution in [2.75, 3.05) is 19.7 Å². The number of likely N-dealkylation sites (tertiary alicyclic amines) is 1. The second-order valence-electron chi connectivity index (χ2n) is 5.71. The molecule has 1 fully saturated rings. The van der Waals surface area contributed by atoms with E-state index in [1.807, 2.05) is 6.08 Å². The van der Waals surface area contributed by atoms with Crippen molar-refractivity contribution >= 4 is 0 Å². The highest BCUT2D eigenvalue weighted by Crippen LogP contribution is 2.29. The molecule has 15 heavy (non-hydrogen) atoms. The van der Waals surface area contributed by atoms with Crippen LogP contribution in [0.5, 0.6) is 0 Å². The van der Waals surface area contributed by atoms with E-state index in [9.17, 15) is 0 Å². The Bertz CT molecular complexity index is 209. The summed E-state index contributed by atoms with van der Waals surface area (Å²) < 4.78 is 5.84. The average molecular weight is 211 g/mol. The smallest absolute Gasteiger partial charge is 0.0683 e. The molecule has 0 bridgehead atoms. The Morgan fingerprint density at radius 3 is 2.27 bits per heavy atom. The van der Waals surface area contributed by atoms with Gasteiger partial charge in [-0.1, -0.05) is 6.08 Å². The largest absolute Gasteiger partial charge is 0.371 e. The molecule has 0 unspecified atom stereocenters. The fourth-order valence-electron chi connectivity index (χ4n) is 2.05. The van der Waals surface area contributed by atoms with E-state index in [1.165, 1.54) is 0 Å².